The second-order valence-electron chi connectivity index (χ2n) is 6.29. The van der Waals surface area contributed by atoms with Crippen LogP contribution in [0, 0.1) is 0 Å². The van der Waals surface area contributed by atoms with Gasteiger partial charge in [-0.3, -0.25) is 0 Å². The molecule has 0 aliphatic carbocycles. The van der Waals surface area contributed by atoms with Gasteiger partial charge >= 0.3 is 5.97 Å². The number of carbonyl (C=O) groups is 1. The van der Waals surface area contributed by atoms with E-state index >= 15 is 0 Å². The number of ether oxygens (including phenoxy) is 1. The van der Waals surface area contributed by atoms with Crippen molar-refractivity contribution in [3.63, 3.8) is 0 Å². The standard InChI is InChI=1S/C21H32O3/c1-2-3-4-5-6-7-8-9-10-11-12-13-18-24-21(23)19-14-16-20(22)17-15-19/h13-18,22H,2-12H2,1H3/b18-13+. The number of phenols is 1. The summed E-state index contributed by atoms with van der Waals surface area (Å²) in [7, 11) is 0. The summed E-state index contributed by atoms with van der Waals surface area (Å²) in [6.45, 7) is 2.25. The molecular weight excluding hydrogens is 300 g/mol. The molecule has 0 saturated heterocycles. The highest BCUT2D eigenvalue weighted by molar-refractivity contribution is 5.89. The minimum atomic E-state index is -0.394. The molecule has 0 aliphatic heterocycles. The Morgan fingerprint density at radius 2 is 1.46 bits per heavy atom. The van der Waals surface area contributed by atoms with E-state index in [4.69, 9.17) is 4.74 Å². The van der Waals surface area contributed by atoms with Gasteiger partial charge in [0.15, 0.2) is 0 Å². The van der Waals surface area contributed by atoms with Gasteiger partial charge in [-0.2, -0.15) is 0 Å². The molecule has 0 aliphatic rings. The highest BCUT2D eigenvalue weighted by Crippen LogP contribution is 2.12. The zero-order valence-corrected chi connectivity index (χ0v) is 15.0. The van der Waals surface area contributed by atoms with E-state index in [2.05, 4.69) is 6.92 Å². The number of esters is 1. The van der Waals surface area contributed by atoms with Crippen molar-refractivity contribution in [2.24, 2.45) is 0 Å². The number of aromatic hydroxyl groups is 1. The maximum Gasteiger partial charge on any atom is 0.342 e. The van der Waals surface area contributed by atoms with Crippen LogP contribution in [0.3, 0.4) is 0 Å². The molecule has 0 heterocycles. The van der Waals surface area contributed by atoms with Gasteiger partial charge in [0.25, 0.3) is 0 Å². The van der Waals surface area contributed by atoms with Crippen LogP contribution in [-0.2, 0) is 4.74 Å². The minimum Gasteiger partial charge on any atom is -0.508 e. The number of hydrogen-bond donors (Lipinski definition) is 1. The molecule has 1 N–H and O–H groups in total. The van der Waals surface area contributed by atoms with Gasteiger partial charge in [-0.25, -0.2) is 4.79 Å². The summed E-state index contributed by atoms with van der Waals surface area (Å²) in [5.74, 6) is -0.252. The molecule has 0 bridgehead atoms. The molecule has 3 heteroatoms. The van der Waals surface area contributed by atoms with Gasteiger partial charge in [0, 0.05) is 0 Å². The quantitative estimate of drug-likeness (QED) is 0.259. The van der Waals surface area contributed by atoms with Crippen LogP contribution in [-0.4, -0.2) is 11.1 Å². The van der Waals surface area contributed by atoms with Crippen molar-refractivity contribution in [1.29, 1.82) is 0 Å². The Bertz CT molecular complexity index is 462. The molecule has 134 valence electrons. The summed E-state index contributed by atoms with van der Waals surface area (Å²) in [5.41, 5.74) is 0.441. The molecule has 0 atom stereocenters. The van der Waals surface area contributed by atoms with Gasteiger partial charge in [0.05, 0.1) is 11.8 Å². The maximum absolute atomic E-state index is 11.7. The van der Waals surface area contributed by atoms with Crippen molar-refractivity contribution in [1.82, 2.24) is 0 Å². The van der Waals surface area contributed by atoms with E-state index in [0.29, 0.717) is 5.56 Å². The fraction of sp³-hybridized carbons (Fsp3) is 0.571. The highest BCUT2D eigenvalue weighted by atomic mass is 16.5. The Hall–Kier alpha value is -1.77. The van der Waals surface area contributed by atoms with Crippen molar-refractivity contribution in [3.8, 4) is 5.75 Å². The lowest BCUT2D eigenvalue weighted by molar-refractivity contribution is 0.0662. The first kappa shape index (κ1) is 20.3. The number of carbonyl (C=O) groups excluding carboxylic acids is 1. The van der Waals surface area contributed by atoms with Crippen LogP contribution in [0.1, 0.15) is 87.9 Å². The summed E-state index contributed by atoms with van der Waals surface area (Å²) in [6, 6.07) is 6.05. The van der Waals surface area contributed by atoms with Crippen molar-refractivity contribution >= 4 is 5.97 Å². The lowest BCUT2D eigenvalue weighted by Gasteiger charge is -2.01. The number of benzene rings is 1. The summed E-state index contributed by atoms with van der Waals surface area (Å²) in [6.07, 6.45) is 17.6. The number of hydrogen-bond acceptors (Lipinski definition) is 3. The van der Waals surface area contributed by atoms with Gasteiger partial charge in [-0.1, -0.05) is 64.7 Å². The third kappa shape index (κ3) is 10.1. The summed E-state index contributed by atoms with van der Waals surface area (Å²) < 4.78 is 5.06. The Morgan fingerprint density at radius 3 is 2.04 bits per heavy atom. The molecule has 0 fully saturated rings. The van der Waals surface area contributed by atoms with E-state index in [9.17, 15) is 9.90 Å². The van der Waals surface area contributed by atoms with Crippen LogP contribution in [0.15, 0.2) is 36.6 Å². The average Bonchev–Trinajstić information content (AvgIpc) is 2.59. The monoisotopic (exact) mass is 332 g/mol. The zero-order chi connectivity index (χ0) is 17.5. The molecular formula is C21H32O3. The van der Waals surface area contributed by atoms with E-state index in [0.717, 1.165) is 12.8 Å². The van der Waals surface area contributed by atoms with E-state index in [1.54, 1.807) is 12.1 Å². The number of phenolic OH excluding ortho intramolecular Hbond substituents is 1. The molecule has 1 aromatic rings. The van der Waals surface area contributed by atoms with Crippen LogP contribution in [0.25, 0.3) is 0 Å². The second-order valence-corrected chi connectivity index (χ2v) is 6.29. The number of unbranched alkanes of at least 4 members (excludes halogenated alkanes) is 10. The highest BCUT2D eigenvalue weighted by Gasteiger charge is 2.04. The first-order chi connectivity index (χ1) is 11.7. The van der Waals surface area contributed by atoms with Gasteiger partial charge in [-0.05, 0) is 43.2 Å². The van der Waals surface area contributed by atoms with Crippen molar-refractivity contribution in [2.75, 3.05) is 0 Å². The van der Waals surface area contributed by atoms with Crippen LogP contribution in [0.2, 0.25) is 0 Å². The SMILES string of the molecule is CCCCCCCCCCCC/C=C/OC(=O)c1ccc(O)cc1. The maximum atomic E-state index is 11.7. The lowest BCUT2D eigenvalue weighted by Crippen LogP contribution is -1.99. The zero-order valence-electron chi connectivity index (χ0n) is 15.0. The van der Waals surface area contributed by atoms with Crippen molar-refractivity contribution in [2.45, 2.75) is 77.6 Å². The largest absolute Gasteiger partial charge is 0.508 e. The molecule has 0 spiro atoms. The molecule has 0 unspecified atom stereocenters. The predicted octanol–water partition coefficient (Wildman–Crippen LogP) is 6.37. The minimum absolute atomic E-state index is 0.142. The van der Waals surface area contributed by atoms with Crippen LogP contribution >= 0.6 is 0 Å². The van der Waals surface area contributed by atoms with Gasteiger partial charge < -0.3 is 9.84 Å². The third-order valence-corrected chi connectivity index (χ3v) is 4.10. The molecule has 0 radical (unpaired) electrons. The summed E-state index contributed by atoms with van der Waals surface area (Å²) >= 11 is 0. The van der Waals surface area contributed by atoms with Gasteiger partial charge in [-0.15, -0.1) is 0 Å². The topological polar surface area (TPSA) is 46.5 Å². The van der Waals surface area contributed by atoms with Crippen molar-refractivity contribution in [3.05, 3.63) is 42.2 Å². The van der Waals surface area contributed by atoms with Gasteiger partial charge in [0.2, 0.25) is 0 Å². The summed E-state index contributed by atoms with van der Waals surface area (Å²) in [5, 5.41) is 9.17. The Balaban J connectivity index is 1.94. The molecule has 0 aromatic heterocycles. The van der Waals surface area contributed by atoms with Crippen LogP contribution < -0.4 is 0 Å². The molecule has 1 rings (SSSR count). The number of allylic oxidation sites excluding steroid dienone is 1. The van der Waals surface area contributed by atoms with Crippen molar-refractivity contribution < 1.29 is 14.6 Å². The molecule has 0 amide bonds. The normalized spacial score (nSPS) is 11.0. The van der Waals surface area contributed by atoms with Gasteiger partial charge in [0.1, 0.15) is 5.75 Å². The predicted molar refractivity (Wildman–Crippen MR) is 99.1 cm³/mol. The molecule has 3 nitrogen and oxygen atoms in total. The first-order valence-electron chi connectivity index (χ1n) is 9.39. The number of rotatable bonds is 13. The smallest absolute Gasteiger partial charge is 0.342 e. The molecule has 24 heavy (non-hydrogen) atoms. The van der Waals surface area contributed by atoms with E-state index < -0.39 is 5.97 Å². The van der Waals surface area contributed by atoms with Crippen LogP contribution in [0.5, 0.6) is 5.75 Å². The fourth-order valence-electron chi connectivity index (χ4n) is 2.59. The van der Waals surface area contributed by atoms with Crippen LogP contribution in [0.4, 0.5) is 0 Å². The second kappa shape index (κ2) is 13.6. The molecule has 0 saturated carbocycles. The Labute approximate surface area is 146 Å². The van der Waals surface area contributed by atoms with E-state index in [1.807, 2.05) is 6.08 Å². The summed E-state index contributed by atoms with van der Waals surface area (Å²) in [4.78, 5) is 11.7. The first-order valence-corrected chi connectivity index (χ1v) is 9.39. The van der Waals surface area contributed by atoms with E-state index in [1.165, 1.54) is 76.2 Å². The fourth-order valence-corrected chi connectivity index (χ4v) is 2.59. The Morgan fingerprint density at radius 1 is 0.917 bits per heavy atom. The lowest BCUT2D eigenvalue weighted by atomic mass is 10.1. The van der Waals surface area contributed by atoms with E-state index in [-0.39, 0.29) is 5.75 Å². The molecule has 1 aromatic carbocycles. The average molecular weight is 332 g/mol. The third-order valence-electron chi connectivity index (χ3n) is 4.10. The Kier molecular flexibility index (Phi) is 11.5.